The van der Waals surface area contributed by atoms with Gasteiger partial charge < -0.3 is 4.74 Å². The standard InChI is InChI=1S/C10H14O3/c1-2-13-10(12)7-8-5-3-4-6-9(8)11/h7H,2-6H2,1H3. The Bertz CT molecular complexity index is 241. The molecule has 13 heavy (non-hydrogen) atoms. The van der Waals surface area contributed by atoms with E-state index in [1.165, 1.54) is 6.08 Å². The highest BCUT2D eigenvalue weighted by Gasteiger charge is 2.15. The lowest BCUT2D eigenvalue weighted by Gasteiger charge is -2.11. The number of rotatable bonds is 2. The Morgan fingerprint density at radius 2 is 2.15 bits per heavy atom. The monoisotopic (exact) mass is 182 g/mol. The molecule has 0 saturated heterocycles. The third-order valence-electron chi connectivity index (χ3n) is 2.04. The van der Waals surface area contributed by atoms with Gasteiger partial charge in [-0.15, -0.1) is 0 Å². The van der Waals surface area contributed by atoms with Gasteiger partial charge in [-0.1, -0.05) is 0 Å². The molecule has 0 aromatic heterocycles. The first-order valence-corrected chi connectivity index (χ1v) is 4.64. The van der Waals surface area contributed by atoms with Crippen LogP contribution >= 0.6 is 0 Å². The average molecular weight is 182 g/mol. The van der Waals surface area contributed by atoms with Crippen LogP contribution in [0.3, 0.4) is 0 Å². The fourth-order valence-corrected chi connectivity index (χ4v) is 1.38. The Balaban J connectivity index is 2.57. The predicted octanol–water partition coefficient (Wildman–Crippen LogP) is 1.62. The number of hydrogen-bond acceptors (Lipinski definition) is 3. The van der Waals surface area contributed by atoms with Gasteiger partial charge in [0.15, 0.2) is 5.78 Å². The Morgan fingerprint density at radius 3 is 2.77 bits per heavy atom. The SMILES string of the molecule is CCOC(=O)C=C1CCCCC1=O. The Morgan fingerprint density at radius 1 is 1.46 bits per heavy atom. The second kappa shape index (κ2) is 4.80. The molecule has 0 unspecified atom stereocenters. The van der Waals surface area contributed by atoms with Gasteiger partial charge in [-0.2, -0.15) is 0 Å². The minimum atomic E-state index is -0.396. The lowest BCUT2D eigenvalue weighted by molar-refractivity contribution is -0.137. The van der Waals surface area contributed by atoms with Crippen LogP contribution in [0.4, 0.5) is 0 Å². The number of allylic oxidation sites excluding steroid dienone is 1. The third-order valence-corrected chi connectivity index (χ3v) is 2.04. The van der Waals surface area contributed by atoms with Crippen molar-refractivity contribution in [1.82, 2.24) is 0 Å². The van der Waals surface area contributed by atoms with Crippen LogP contribution in [0.1, 0.15) is 32.6 Å². The second-order valence-corrected chi connectivity index (χ2v) is 3.05. The minimum absolute atomic E-state index is 0.0966. The van der Waals surface area contributed by atoms with Crippen molar-refractivity contribution >= 4 is 11.8 Å². The number of ether oxygens (including phenoxy) is 1. The van der Waals surface area contributed by atoms with Gasteiger partial charge in [-0.05, 0) is 26.2 Å². The van der Waals surface area contributed by atoms with E-state index >= 15 is 0 Å². The molecule has 0 radical (unpaired) electrons. The molecule has 3 nitrogen and oxygen atoms in total. The molecule has 0 aromatic rings. The lowest BCUT2D eigenvalue weighted by Crippen LogP contribution is -2.11. The molecule has 1 fully saturated rings. The number of carbonyl (C=O) groups is 2. The van der Waals surface area contributed by atoms with E-state index in [9.17, 15) is 9.59 Å². The van der Waals surface area contributed by atoms with Crippen molar-refractivity contribution in [3.8, 4) is 0 Å². The Hall–Kier alpha value is -1.12. The maximum absolute atomic E-state index is 11.3. The average Bonchev–Trinajstić information content (AvgIpc) is 2.09. The smallest absolute Gasteiger partial charge is 0.331 e. The summed E-state index contributed by atoms with van der Waals surface area (Å²) in [6, 6.07) is 0. The maximum Gasteiger partial charge on any atom is 0.331 e. The fourth-order valence-electron chi connectivity index (χ4n) is 1.38. The van der Waals surface area contributed by atoms with Crippen LogP contribution in [0, 0.1) is 0 Å². The van der Waals surface area contributed by atoms with Gasteiger partial charge in [0.25, 0.3) is 0 Å². The summed E-state index contributed by atoms with van der Waals surface area (Å²) >= 11 is 0. The van der Waals surface area contributed by atoms with E-state index in [0.29, 0.717) is 18.6 Å². The van der Waals surface area contributed by atoms with Gasteiger partial charge in [0.05, 0.1) is 6.61 Å². The summed E-state index contributed by atoms with van der Waals surface area (Å²) in [6.07, 6.45) is 4.57. The number of ketones is 1. The largest absolute Gasteiger partial charge is 0.463 e. The van der Waals surface area contributed by atoms with Crippen molar-refractivity contribution in [2.45, 2.75) is 32.6 Å². The molecule has 0 spiro atoms. The number of carbonyl (C=O) groups excluding carboxylic acids is 2. The van der Waals surface area contributed by atoms with Gasteiger partial charge in [-0.25, -0.2) is 4.79 Å². The number of hydrogen-bond donors (Lipinski definition) is 0. The zero-order valence-electron chi connectivity index (χ0n) is 7.84. The highest BCUT2D eigenvalue weighted by Crippen LogP contribution is 2.19. The molecule has 0 amide bonds. The summed E-state index contributed by atoms with van der Waals surface area (Å²) < 4.78 is 4.73. The molecule has 1 rings (SSSR count). The maximum atomic E-state index is 11.3. The molecule has 1 aliphatic carbocycles. The number of esters is 1. The van der Waals surface area contributed by atoms with Crippen molar-refractivity contribution in [2.24, 2.45) is 0 Å². The van der Waals surface area contributed by atoms with Crippen molar-refractivity contribution in [3.05, 3.63) is 11.6 Å². The van der Waals surface area contributed by atoms with Crippen molar-refractivity contribution in [2.75, 3.05) is 6.61 Å². The highest BCUT2D eigenvalue weighted by molar-refractivity contribution is 6.01. The van der Waals surface area contributed by atoms with Crippen LogP contribution in [0.2, 0.25) is 0 Å². The molecular weight excluding hydrogens is 168 g/mol. The molecule has 1 aliphatic rings. The lowest BCUT2D eigenvalue weighted by atomic mass is 9.93. The molecule has 0 bridgehead atoms. The molecule has 1 saturated carbocycles. The van der Waals surface area contributed by atoms with E-state index in [4.69, 9.17) is 4.74 Å². The van der Waals surface area contributed by atoms with Gasteiger partial charge in [0.2, 0.25) is 0 Å². The van der Waals surface area contributed by atoms with Crippen LogP contribution in [0.5, 0.6) is 0 Å². The second-order valence-electron chi connectivity index (χ2n) is 3.05. The topological polar surface area (TPSA) is 43.4 Å². The summed E-state index contributed by atoms with van der Waals surface area (Å²) in [7, 11) is 0. The van der Waals surface area contributed by atoms with Crippen LogP contribution in [-0.2, 0) is 14.3 Å². The first-order chi connectivity index (χ1) is 6.24. The van der Waals surface area contributed by atoms with Crippen LogP contribution in [0.15, 0.2) is 11.6 Å². The van der Waals surface area contributed by atoms with E-state index in [1.807, 2.05) is 0 Å². The molecule has 0 heterocycles. The van der Waals surface area contributed by atoms with Crippen molar-refractivity contribution in [3.63, 3.8) is 0 Å². The summed E-state index contributed by atoms with van der Waals surface area (Å²) in [6.45, 7) is 2.11. The van der Waals surface area contributed by atoms with Crippen molar-refractivity contribution < 1.29 is 14.3 Å². The quantitative estimate of drug-likeness (QED) is 0.481. The number of Topliss-reactive ketones (excluding diaryl/α,β-unsaturated/α-hetero) is 1. The van der Waals surface area contributed by atoms with Crippen LogP contribution in [-0.4, -0.2) is 18.4 Å². The summed E-state index contributed by atoms with van der Waals surface area (Å²) in [4.78, 5) is 22.3. The van der Waals surface area contributed by atoms with Crippen LogP contribution in [0.25, 0.3) is 0 Å². The zero-order chi connectivity index (χ0) is 9.68. The Kier molecular flexibility index (Phi) is 3.68. The van der Waals surface area contributed by atoms with Crippen LogP contribution < -0.4 is 0 Å². The first-order valence-electron chi connectivity index (χ1n) is 4.64. The van der Waals surface area contributed by atoms with E-state index in [-0.39, 0.29) is 5.78 Å². The highest BCUT2D eigenvalue weighted by atomic mass is 16.5. The minimum Gasteiger partial charge on any atom is -0.463 e. The third kappa shape index (κ3) is 3.01. The summed E-state index contributed by atoms with van der Waals surface area (Å²) in [5.41, 5.74) is 0.629. The summed E-state index contributed by atoms with van der Waals surface area (Å²) in [5.74, 6) is -0.299. The molecule has 72 valence electrons. The van der Waals surface area contributed by atoms with Gasteiger partial charge >= 0.3 is 5.97 Å². The molecule has 0 N–H and O–H groups in total. The Labute approximate surface area is 77.8 Å². The first kappa shape index (κ1) is 9.96. The summed E-state index contributed by atoms with van der Waals surface area (Å²) in [5, 5.41) is 0. The normalized spacial score (nSPS) is 20.4. The molecule has 0 aromatic carbocycles. The molecular formula is C10H14O3. The van der Waals surface area contributed by atoms with Gasteiger partial charge in [0, 0.05) is 18.1 Å². The zero-order valence-corrected chi connectivity index (χ0v) is 7.84. The van der Waals surface area contributed by atoms with Gasteiger partial charge in [-0.3, -0.25) is 4.79 Å². The molecule has 3 heteroatoms. The fraction of sp³-hybridized carbons (Fsp3) is 0.600. The van der Waals surface area contributed by atoms with E-state index < -0.39 is 5.97 Å². The molecule has 0 aliphatic heterocycles. The molecule has 0 atom stereocenters. The van der Waals surface area contributed by atoms with E-state index in [0.717, 1.165) is 19.3 Å². The predicted molar refractivity (Wildman–Crippen MR) is 48.2 cm³/mol. The van der Waals surface area contributed by atoms with E-state index in [1.54, 1.807) is 6.92 Å². The van der Waals surface area contributed by atoms with Crippen molar-refractivity contribution in [1.29, 1.82) is 0 Å². The van der Waals surface area contributed by atoms with E-state index in [2.05, 4.69) is 0 Å². The van der Waals surface area contributed by atoms with Gasteiger partial charge in [0.1, 0.15) is 0 Å².